The highest BCUT2D eigenvalue weighted by molar-refractivity contribution is 6.90. The first-order valence-corrected chi connectivity index (χ1v) is 28.2. The highest BCUT2D eigenvalue weighted by atomic mass is 28.5. The maximum absolute atomic E-state index is 9.97. The molecule has 7 nitrogen and oxygen atoms in total. The molecule has 0 radical (unpaired) electrons. The molecule has 0 aliphatic heterocycles. The van der Waals surface area contributed by atoms with E-state index in [1.807, 2.05) is 13.8 Å². The summed E-state index contributed by atoms with van der Waals surface area (Å²) in [6.07, 6.45) is 1.45. The molecule has 0 aliphatic carbocycles. The lowest BCUT2D eigenvalue weighted by atomic mass is 10.3. The number of hydrogen-bond donors (Lipinski definition) is 1. The molecule has 0 aliphatic rings. The highest BCUT2D eigenvalue weighted by Crippen LogP contribution is 2.29. The van der Waals surface area contributed by atoms with Crippen molar-refractivity contribution >= 4 is 42.3 Å². The van der Waals surface area contributed by atoms with Crippen molar-refractivity contribution in [3.63, 3.8) is 0 Å². The monoisotopic (exact) mass is 598 g/mol. The van der Waals surface area contributed by atoms with Crippen LogP contribution in [0.1, 0.15) is 47.0 Å². The molecular formula is C24H58O7Si5. The van der Waals surface area contributed by atoms with Crippen LogP contribution in [-0.4, -0.2) is 66.1 Å². The Kier molecular flexibility index (Phi) is 15.0. The van der Waals surface area contributed by atoms with Crippen LogP contribution < -0.4 is 0 Å². The van der Waals surface area contributed by atoms with Crippen molar-refractivity contribution in [2.45, 2.75) is 143 Å². The smallest absolute Gasteiger partial charge is 0.314 e. The Morgan fingerprint density at radius 2 is 1.19 bits per heavy atom. The first kappa shape index (κ1) is 36.5. The zero-order chi connectivity index (χ0) is 28.6. The second-order valence-corrected chi connectivity index (χ2v) is 32.2. The third-order valence-electron chi connectivity index (χ3n) is 5.36. The first-order valence-electron chi connectivity index (χ1n) is 13.5. The highest BCUT2D eigenvalue weighted by Gasteiger charge is 2.45. The molecule has 0 saturated heterocycles. The van der Waals surface area contributed by atoms with Gasteiger partial charge in [-0.15, -0.1) is 0 Å². The van der Waals surface area contributed by atoms with E-state index >= 15 is 0 Å². The second-order valence-electron chi connectivity index (χ2n) is 12.6. The van der Waals surface area contributed by atoms with E-state index in [0.717, 1.165) is 12.1 Å². The third kappa shape index (κ3) is 16.5. The van der Waals surface area contributed by atoms with Gasteiger partial charge in [0, 0.05) is 0 Å². The molecule has 0 heterocycles. The molecule has 0 fully saturated rings. The Hall–Kier alpha value is 0.544. The lowest BCUT2D eigenvalue weighted by molar-refractivity contribution is -0.227. The van der Waals surface area contributed by atoms with Gasteiger partial charge in [-0.2, -0.15) is 0 Å². The summed E-state index contributed by atoms with van der Waals surface area (Å²) in [6.45, 7) is 33.4. The van der Waals surface area contributed by atoms with E-state index in [4.69, 9.17) is 25.9 Å². The minimum atomic E-state index is -2.48. The van der Waals surface area contributed by atoms with Gasteiger partial charge < -0.3 is 31.0 Å². The summed E-state index contributed by atoms with van der Waals surface area (Å²) in [4.78, 5) is 0. The van der Waals surface area contributed by atoms with Crippen LogP contribution in [0.3, 0.4) is 0 Å². The summed E-state index contributed by atoms with van der Waals surface area (Å²) >= 11 is 0. The van der Waals surface area contributed by atoms with Gasteiger partial charge in [0.05, 0.1) is 6.10 Å². The second kappa shape index (κ2) is 14.8. The quantitative estimate of drug-likeness (QED) is 0.0942. The van der Waals surface area contributed by atoms with Gasteiger partial charge in [-0.3, -0.25) is 0 Å². The number of unbranched alkanes of at least 4 members (excludes halogenated alkanes) is 1. The normalized spacial score (nSPS) is 16.6. The zero-order valence-corrected chi connectivity index (χ0v) is 30.9. The van der Waals surface area contributed by atoms with Crippen LogP contribution in [0.2, 0.25) is 77.6 Å². The molecule has 3 unspecified atom stereocenters. The van der Waals surface area contributed by atoms with E-state index in [-0.39, 0.29) is 6.10 Å². The molecule has 216 valence electrons. The van der Waals surface area contributed by atoms with E-state index < -0.39 is 54.9 Å². The van der Waals surface area contributed by atoms with Gasteiger partial charge in [0.25, 0.3) is 0 Å². The fraction of sp³-hybridized carbons (Fsp3) is 0.917. The molecule has 36 heavy (non-hydrogen) atoms. The first-order chi connectivity index (χ1) is 16.0. The fourth-order valence-corrected chi connectivity index (χ4v) is 29.9. The van der Waals surface area contributed by atoms with Crippen LogP contribution in [0.25, 0.3) is 0 Å². The molecular weight excluding hydrogens is 541 g/mol. The molecule has 0 aromatic heterocycles. The Morgan fingerprint density at radius 1 is 0.750 bits per heavy atom. The third-order valence-corrected chi connectivity index (χ3v) is 24.7. The SMILES string of the molecule is C=C(C)C(O)OC(CC)OC(C)C[Si](C)(C)O[Si](C)(C)O[Si](C)(C)O[Si](C)(C)O[Si](C)(C)CCCC. The number of ether oxygens (including phenoxy) is 2. The summed E-state index contributed by atoms with van der Waals surface area (Å²) in [6, 6.07) is 1.95. The van der Waals surface area contributed by atoms with Crippen molar-refractivity contribution in [2.24, 2.45) is 0 Å². The van der Waals surface area contributed by atoms with Crippen LogP contribution in [-0.2, 0) is 25.9 Å². The largest absolute Gasteiger partial charge is 0.436 e. The molecule has 0 aromatic rings. The van der Waals surface area contributed by atoms with Gasteiger partial charge in [-0.05, 0) is 103 Å². The van der Waals surface area contributed by atoms with Gasteiger partial charge in [0.1, 0.15) is 0 Å². The molecule has 0 rings (SSSR count). The Labute approximate surface area is 228 Å². The molecule has 0 bridgehead atoms. The topological polar surface area (TPSA) is 75.6 Å². The van der Waals surface area contributed by atoms with Crippen molar-refractivity contribution in [1.29, 1.82) is 0 Å². The van der Waals surface area contributed by atoms with Crippen molar-refractivity contribution < 1.29 is 31.0 Å². The van der Waals surface area contributed by atoms with E-state index in [2.05, 4.69) is 79.0 Å². The number of aliphatic hydroxyl groups is 1. The van der Waals surface area contributed by atoms with E-state index in [1.54, 1.807) is 6.92 Å². The summed E-state index contributed by atoms with van der Waals surface area (Å²) in [5.41, 5.74) is 0.560. The maximum atomic E-state index is 9.97. The molecule has 3 atom stereocenters. The van der Waals surface area contributed by atoms with Crippen LogP contribution in [0, 0.1) is 0 Å². The van der Waals surface area contributed by atoms with Gasteiger partial charge >= 0.3 is 25.7 Å². The average Bonchev–Trinajstić information content (AvgIpc) is 2.60. The Balaban J connectivity index is 5.09. The van der Waals surface area contributed by atoms with Crippen molar-refractivity contribution in [2.75, 3.05) is 0 Å². The summed E-state index contributed by atoms with van der Waals surface area (Å²) < 4.78 is 38.4. The number of rotatable bonds is 19. The van der Waals surface area contributed by atoms with Crippen LogP contribution >= 0.6 is 0 Å². The fourth-order valence-electron chi connectivity index (χ4n) is 4.76. The van der Waals surface area contributed by atoms with Crippen molar-refractivity contribution in [3.8, 4) is 0 Å². The maximum Gasteiger partial charge on any atom is 0.314 e. The molecule has 12 heteroatoms. The minimum Gasteiger partial charge on any atom is -0.436 e. The average molecular weight is 599 g/mol. The van der Waals surface area contributed by atoms with Gasteiger partial charge in [-0.1, -0.05) is 33.3 Å². The van der Waals surface area contributed by atoms with Crippen molar-refractivity contribution in [1.82, 2.24) is 0 Å². The standard InChI is InChI=1S/C24H58O7Si5/c1-16-18-19-32(6,7)28-34(10,11)30-36(14,15)31-35(12,13)29-33(8,9)20-22(5)26-23(17-2)27-24(25)21(3)4/h22-25H,3,16-20H2,1-2,4-15H3. The van der Waals surface area contributed by atoms with Crippen LogP contribution in [0.15, 0.2) is 12.2 Å². The van der Waals surface area contributed by atoms with Crippen LogP contribution in [0.5, 0.6) is 0 Å². The molecule has 0 amide bonds. The van der Waals surface area contributed by atoms with Crippen molar-refractivity contribution in [3.05, 3.63) is 12.2 Å². The number of hydrogen-bond acceptors (Lipinski definition) is 7. The number of aliphatic hydroxyl groups excluding tert-OH is 1. The summed E-state index contributed by atoms with van der Waals surface area (Å²) in [5, 5.41) is 9.97. The van der Waals surface area contributed by atoms with Gasteiger partial charge in [0.2, 0.25) is 0 Å². The predicted molar refractivity (Wildman–Crippen MR) is 163 cm³/mol. The summed E-state index contributed by atoms with van der Waals surface area (Å²) in [5.74, 6) is 0. The Bertz CT molecular complexity index is 671. The van der Waals surface area contributed by atoms with Gasteiger partial charge in [0.15, 0.2) is 29.2 Å². The van der Waals surface area contributed by atoms with E-state index in [9.17, 15) is 5.11 Å². The van der Waals surface area contributed by atoms with Gasteiger partial charge in [-0.25, -0.2) is 0 Å². The lowest BCUT2D eigenvalue weighted by Crippen LogP contribution is -2.58. The van der Waals surface area contributed by atoms with E-state index in [1.165, 1.54) is 12.8 Å². The minimum absolute atomic E-state index is 0.0738. The zero-order valence-electron chi connectivity index (χ0n) is 25.9. The Morgan fingerprint density at radius 3 is 1.61 bits per heavy atom. The summed E-state index contributed by atoms with van der Waals surface area (Å²) in [7, 11) is -11.2. The molecule has 1 N–H and O–H groups in total. The molecule has 0 saturated carbocycles. The molecule has 0 spiro atoms. The predicted octanol–water partition coefficient (Wildman–Crippen LogP) is 7.42. The van der Waals surface area contributed by atoms with E-state index in [0.29, 0.717) is 12.0 Å². The lowest BCUT2D eigenvalue weighted by Gasteiger charge is -2.42. The van der Waals surface area contributed by atoms with Crippen LogP contribution in [0.4, 0.5) is 0 Å². The molecule has 0 aromatic carbocycles.